The van der Waals surface area contributed by atoms with Crippen LogP contribution in [0.1, 0.15) is 17.2 Å². The topological polar surface area (TPSA) is 26.0 Å². The van der Waals surface area contributed by atoms with Crippen molar-refractivity contribution in [3.63, 3.8) is 0 Å². The molecule has 0 bridgehead atoms. The van der Waals surface area contributed by atoms with Crippen molar-refractivity contribution < 1.29 is 0 Å². The van der Waals surface area contributed by atoms with Gasteiger partial charge in [-0.05, 0) is 47.9 Å². The Kier molecular flexibility index (Phi) is 4.52. The summed E-state index contributed by atoms with van der Waals surface area (Å²) < 4.78 is 0. The van der Waals surface area contributed by atoms with Crippen molar-refractivity contribution in [2.45, 2.75) is 12.5 Å². The Bertz CT molecular complexity index is 554. The lowest BCUT2D eigenvalue weighted by Gasteiger charge is -2.14. The molecule has 1 atom stereocenters. The second-order valence-corrected chi connectivity index (χ2v) is 5.39. The van der Waals surface area contributed by atoms with Crippen LogP contribution in [0.5, 0.6) is 0 Å². The third kappa shape index (κ3) is 3.39. The molecule has 0 saturated heterocycles. The van der Waals surface area contributed by atoms with Crippen LogP contribution in [0.4, 0.5) is 0 Å². The second-order valence-electron chi connectivity index (χ2n) is 4.11. The van der Waals surface area contributed by atoms with Gasteiger partial charge in [0, 0.05) is 21.1 Å². The average Bonchev–Trinajstić information content (AvgIpc) is 2.32. The van der Waals surface area contributed by atoms with Crippen molar-refractivity contribution in [3.8, 4) is 0 Å². The highest BCUT2D eigenvalue weighted by molar-refractivity contribution is 6.33. The van der Waals surface area contributed by atoms with E-state index in [0.717, 1.165) is 11.1 Å². The van der Waals surface area contributed by atoms with Crippen molar-refractivity contribution in [3.05, 3.63) is 68.7 Å². The molecule has 0 aliphatic heterocycles. The van der Waals surface area contributed by atoms with Gasteiger partial charge in [-0.25, -0.2) is 0 Å². The average molecular weight is 301 g/mol. The van der Waals surface area contributed by atoms with Gasteiger partial charge in [0.1, 0.15) is 0 Å². The summed E-state index contributed by atoms with van der Waals surface area (Å²) in [4.78, 5) is 0. The van der Waals surface area contributed by atoms with Gasteiger partial charge in [0.05, 0.1) is 0 Å². The molecule has 2 aromatic rings. The normalized spacial score (nSPS) is 12.4. The Morgan fingerprint density at radius 1 is 0.944 bits per heavy atom. The van der Waals surface area contributed by atoms with Gasteiger partial charge in [0.2, 0.25) is 0 Å². The van der Waals surface area contributed by atoms with Gasteiger partial charge in [0.25, 0.3) is 0 Å². The zero-order chi connectivity index (χ0) is 13.1. The van der Waals surface area contributed by atoms with Crippen LogP contribution < -0.4 is 5.73 Å². The number of halogens is 3. The van der Waals surface area contributed by atoms with Gasteiger partial charge in [-0.15, -0.1) is 0 Å². The van der Waals surface area contributed by atoms with Crippen LogP contribution in [0, 0.1) is 0 Å². The maximum atomic E-state index is 6.16. The zero-order valence-electron chi connectivity index (χ0n) is 9.54. The first-order chi connectivity index (χ1) is 8.56. The molecule has 2 N–H and O–H groups in total. The van der Waals surface area contributed by atoms with Crippen LogP contribution in [0.3, 0.4) is 0 Å². The third-order valence-corrected chi connectivity index (χ3v) is 3.52. The zero-order valence-corrected chi connectivity index (χ0v) is 11.8. The Morgan fingerprint density at radius 3 is 2.39 bits per heavy atom. The van der Waals surface area contributed by atoms with Gasteiger partial charge >= 0.3 is 0 Å². The first-order valence-corrected chi connectivity index (χ1v) is 6.64. The predicted molar refractivity (Wildman–Crippen MR) is 78.5 cm³/mol. The smallest absolute Gasteiger partial charge is 0.0454 e. The fourth-order valence-corrected chi connectivity index (χ4v) is 2.48. The summed E-state index contributed by atoms with van der Waals surface area (Å²) in [5.74, 6) is 0. The quantitative estimate of drug-likeness (QED) is 0.858. The minimum absolute atomic E-state index is 0.199. The number of hydrogen-bond acceptors (Lipinski definition) is 1. The lowest BCUT2D eigenvalue weighted by Crippen LogP contribution is -2.13. The Morgan fingerprint density at radius 2 is 1.67 bits per heavy atom. The highest BCUT2D eigenvalue weighted by Gasteiger charge is 2.11. The molecule has 2 aromatic carbocycles. The van der Waals surface area contributed by atoms with Crippen LogP contribution in [0.2, 0.25) is 15.1 Å². The summed E-state index contributed by atoms with van der Waals surface area (Å²) >= 11 is 18.0. The lowest BCUT2D eigenvalue weighted by atomic mass is 10.00. The van der Waals surface area contributed by atoms with E-state index in [9.17, 15) is 0 Å². The molecule has 2 rings (SSSR count). The van der Waals surface area contributed by atoms with Crippen LogP contribution in [-0.4, -0.2) is 0 Å². The van der Waals surface area contributed by atoms with Crippen molar-refractivity contribution >= 4 is 34.8 Å². The van der Waals surface area contributed by atoms with E-state index >= 15 is 0 Å². The Labute approximate surface area is 121 Å². The standard InChI is InChI=1S/C14H12Cl3N/c15-10-3-1-2-9(6-10)7-14(18)12-8-11(16)4-5-13(12)17/h1-6,8,14H,7,18H2. The summed E-state index contributed by atoms with van der Waals surface area (Å²) in [7, 11) is 0. The van der Waals surface area contributed by atoms with Gasteiger partial charge in [-0.3, -0.25) is 0 Å². The van der Waals surface area contributed by atoms with E-state index in [-0.39, 0.29) is 6.04 Å². The Hall–Kier alpha value is -0.730. The van der Waals surface area contributed by atoms with Crippen LogP contribution in [0.25, 0.3) is 0 Å². The SMILES string of the molecule is NC(Cc1cccc(Cl)c1)c1cc(Cl)ccc1Cl. The summed E-state index contributed by atoms with van der Waals surface area (Å²) in [5, 5.41) is 1.97. The summed E-state index contributed by atoms with van der Waals surface area (Å²) in [5.41, 5.74) is 8.09. The molecule has 0 amide bonds. The predicted octanol–water partition coefficient (Wildman–Crippen LogP) is 4.89. The van der Waals surface area contributed by atoms with E-state index in [1.54, 1.807) is 18.2 Å². The molecule has 0 saturated carbocycles. The fraction of sp³-hybridized carbons (Fsp3) is 0.143. The Balaban J connectivity index is 2.21. The van der Waals surface area contributed by atoms with E-state index in [0.29, 0.717) is 21.5 Å². The van der Waals surface area contributed by atoms with Crippen LogP contribution in [0.15, 0.2) is 42.5 Å². The maximum Gasteiger partial charge on any atom is 0.0454 e. The highest BCUT2D eigenvalue weighted by atomic mass is 35.5. The van der Waals surface area contributed by atoms with Gasteiger partial charge in [-0.1, -0.05) is 46.9 Å². The van der Waals surface area contributed by atoms with Crippen molar-refractivity contribution in [2.75, 3.05) is 0 Å². The minimum Gasteiger partial charge on any atom is -0.324 e. The third-order valence-electron chi connectivity index (χ3n) is 2.70. The highest BCUT2D eigenvalue weighted by Crippen LogP contribution is 2.27. The van der Waals surface area contributed by atoms with Crippen LogP contribution >= 0.6 is 34.8 Å². The molecule has 1 unspecified atom stereocenters. The monoisotopic (exact) mass is 299 g/mol. The van der Waals surface area contributed by atoms with E-state index in [2.05, 4.69) is 0 Å². The molecule has 0 spiro atoms. The number of benzene rings is 2. The first-order valence-electron chi connectivity index (χ1n) is 5.51. The second kappa shape index (κ2) is 5.94. The number of rotatable bonds is 3. The summed E-state index contributed by atoms with van der Waals surface area (Å²) in [6.07, 6.45) is 0.667. The molecule has 94 valence electrons. The molecular formula is C14H12Cl3N. The molecule has 0 aliphatic rings. The van der Waals surface area contributed by atoms with Crippen molar-refractivity contribution in [1.29, 1.82) is 0 Å². The molecule has 0 aromatic heterocycles. The molecule has 1 nitrogen and oxygen atoms in total. The van der Waals surface area contributed by atoms with Crippen LogP contribution in [-0.2, 0) is 6.42 Å². The molecular weight excluding hydrogens is 289 g/mol. The van der Waals surface area contributed by atoms with Gasteiger partial charge in [0.15, 0.2) is 0 Å². The molecule has 18 heavy (non-hydrogen) atoms. The van der Waals surface area contributed by atoms with Crippen molar-refractivity contribution in [1.82, 2.24) is 0 Å². The maximum absolute atomic E-state index is 6.16. The molecule has 4 heteroatoms. The molecule has 0 aliphatic carbocycles. The van der Waals surface area contributed by atoms with Gasteiger partial charge < -0.3 is 5.73 Å². The number of hydrogen-bond donors (Lipinski definition) is 1. The van der Waals surface area contributed by atoms with E-state index in [1.807, 2.05) is 24.3 Å². The fourth-order valence-electron chi connectivity index (χ4n) is 1.83. The van der Waals surface area contributed by atoms with Crippen molar-refractivity contribution in [2.24, 2.45) is 5.73 Å². The summed E-state index contributed by atoms with van der Waals surface area (Å²) in [6.45, 7) is 0. The molecule has 0 fully saturated rings. The first kappa shape index (κ1) is 13.7. The van der Waals surface area contributed by atoms with Gasteiger partial charge in [-0.2, -0.15) is 0 Å². The van der Waals surface area contributed by atoms with E-state index in [4.69, 9.17) is 40.5 Å². The van der Waals surface area contributed by atoms with E-state index < -0.39 is 0 Å². The minimum atomic E-state index is -0.199. The molecule has 0 heterocycles. The summed E-state index contributed by atoms with van der Waals surface area (Å²) in [6, 6.07) is 12.8. The number of nitrogens with two attached hydrogens (primary N) is 1. The largest absolute Gasteiger partial charge is 0.324 e. The lowest BCUT2D eigenvalue weighted by molar-refractivity contribution is 0.722. The van der Waals surface area contributed by atoms with E-state index in [1.165, 1.54) is 0 Å². The molecule has 0 radical (unpaired) electrons.